The van der Waals surface area contributed by atoms with Crippen LogP contribution < -0.4 is 5.73 Å². The summed E-state index contributed by atoms with van der Waals surface area (Å²) in [5.41, 5.74) is 6.13. The highest BCUT2D eigenvalue weighted by Crippen LogP contribution is 2.49. The average Bonchev–Trinajstić information content (AvgIpc) is 2.71. The van der Waals surface area contributed by atoms with Crippen molar-refractivity contribution in [3.63, 3.8) is 0 Å². The van der Waals surface area contributed by atoms with Crippen molar-refractivity contribution in [3.05, 3.63) is 0 Å². The highest BCUT2D eigenvalue weighted by Gasteiger charge is 2.46. The van der Waals surface area contributed by atoms with E-state index in [0.29, 0.717) is 5.41 Å². The van der Waals surface area contributed by atoms with E-state index < -0.39 is 0 Å². The third-order valence-electron chi connectivity index (χ3n) is 2.98. The van der Waals surface area contributed by atoms with Crippen molar-refractivity contribution in [2.24, 2.45) is 17.1 Å². The Bertz CT molecular complexity index is 125. The molecule has 1 aliphatic carbocycles. The molecule has 1 atom stereocenters. The van der Waals surface area contributed by atoms with Crippen LogP contribution in [0.2, 0.25) is 0 Å². The molecule has 2 aliphatic rings. The van der Waals surface area contributed by atoms with Crippen molar-refractivity contribution in [3.8, 4) is 0 Å². The maximum atomic E-state index is 5.73. The minimum atomic E-state index is 0.403. The second-order valence-electron chi connectivity index (χ2n) is 3.64. The molecule has 1 saturated carbocycles. The van der Waals surface area contributed by atoms with E-state index in [1.165, 1.54) is 19.3 Å². The first-order chi connectivity index (χ1) is 4.87. The molecule has 2 N–H and O–H groups in total. The van der Waals surface area contributed by atoms with Gasteiger partial charge in [0, 0.05) is 18.6 Å². The predicted octanol–water partition coefficient (Wildman–Crippen LogP) is 0.762. The highest BCUT2D eigenvalue weighted by atomic mass is 16.5. The van der Waals surface area contributed by atoms with E-state index in [0.717, 1.165) is 25.7 Å². The summed E-state index contributed by atoms with van der Waals surface area (Å²) >= 11 is 0. The molecular formula is C8H15NO. The summed E-state index contributed by atoms with van der Waals surface area (Å²) in [4.78, 5) is 0. The third kappa shape index (κ3) is 0.867. The summed E-state index contributed by atoms with van der Waals surface area (Å²) in [6.07, 6.45) is 3.98. The Hall–Kier alpha value is -0.0800. The predicted molar refractivity (Wildman–Crippen MR) is 39.6 cm³/mol. The maximum Gasteiger partial charge on any atom is 0.0538 e. The lowest BCUT2D eigenvalue weighted by Gasteiger charge is -2.24. The smallest absolute Gasteiger partial charge is 0.0538 e. The fourth-order valence-electron chi connectivity index (χ4n) is 1.97. The number of ether oxygens (including phenoxy) is 1. The third-order valence-corrected chi connectivity index (χ3v) is 2.98. The van der Waals surface area contributed by atoms with Crippen molar-refractivity contribution in [1.29, 1.82) is 0 Å². The normalized spacial score (nSPS) is 40.5. The topological polar surface area (TPSA) is 35.2 Å². The van der Waals surface area contributed by atoms with Crippen LogP contribution in [0.4, 0.5) is 0 Å². The zero-order valence-corrected chi connectivity index (χ0v) is 6.31. The monoisotopic (exact) mass is 141 g/mol. The molecule has 58 valence electrons. The van der Waals surface area contributed by atoms with Crippen molar-refractivity contribution in [2.75, 3.05) is 19.8 Å². The van der Waals surface area contributed by atoms with Crippen LogP contribution in [0.3, 0.4) is 0 Å². The number of hydrogen-bond donors (Lipinski definition) is 1. The SMILES string of the molecule is NCC1(C2CC2)CCOC1. The largest absolute Gasteiger partial charge is 0.381 e. The molecule has 0 radical (unpaired) electrons. The van der Waals surface area contributed by atoms with Crippen molar-refractivity contribution < 1.29 is 4.74 Å². The molecule has 0 amide bonds. The van der Waals surface area contributed by atoms with Gasteiger partial charge in [0.05, 0.1) is 6.61 Å². The lowest BCUT2D eigenvalue weighted by atomic mass is 9.82. The molecule has 2 nitrogen and oxygen atoms in total. The van der Waals surface area contributed by atoms with Gasteiger partial charge in [0.15, 0.2) is 0 Å². The van der Waals surface area contributed by atoms with Gasteiger partial charge < -0.3 is 10.5 Å². The fourth-order valence-corrected chi connectivity index (χ4v) is 1.97. The molecule has 1 unspecified atom stereocenters. The molecule has 0 aromatic heterocycles. The lowest BCUT2D eigenvalue weighted by molar-refractivity contribution is 0.142. The van der Waals surface area contributed by atoms with Gasteiger partial charge in [-0.1, -0.05) is 0 Å². The molecule has 0 aromatic carbocycles. The summed E-state index contributed by atoms with van der Waals surface area (Å²) in [6.45, 7) is 2.69. The van der Waals surface area contributed by atoms with Crippen molar-refractivity contribution in [2.45, 2.75) is 19.3 Å². The maximum absolute atomic E-state index is 5.73. The van der Waals surface area contributed by atoms with Crippen LogP contribution in [0.5, 0.6) is 0 Å². The first-order valence-electron chi connectivity index (χ1n) is 4.15. The quantitative estimate of drug-likeness (QED) is 0.616. The van der Waals surface area contributed by atoms with E-state index in [1.54, 1.807) is 0 Å². The molecule has 2 heteroatoms. The van der Waals surface area contributed by atoms with E-state index >= 15 is 0 Å². The van der Waals surface area contributed by atoms with Gasteiger partial charge in [-0.05, 0) is 25.2 Å². The lowest BCUT2D eigenvalue weighted by Crippen LogP contribution is -2.32. The summed E-state index contributed by atoms with van der Waals surface area (Å²) in [7, 11) is 0. The summed E-state index contributed by atoms with van der Waals surface area (Å²) in [5, 5.41) is 0. The molecule has 1 saturated heterocycles. The fraction of sp³-hybridized carbons (Fsp3) is 1.00. The van der Waals surface area contributed by atoms with E-state index in [1.807, 2.05) is 0 Å². The van der Waals surface area contributed by atoms with Crippen LogP contribution in [0.25, 0.3) is 0 Å². The first kappa shape index (κ1) is 6.62. The van der Waals surface area contributed by atoms with Crippen molar-refractivity contribution in [1.82, 2.24) is 0 Å². The van der Waals surface area contributed by atoms with Gasteiger partial charge in [-0.25, -0.2) is 0 Å². The Morgan fingerprint density at radius 2 is 2.30 bits per heavy atom. The number of hydrogen-bond acceptors (Lipinski definition) is 2. The Balaban J connectivity index is 2.04. The van der Waals surface area contributed by atoms with Gasteiger partial charge in [-0.3, -0.25) is 0 Å². The molecular weight excluding hydrogens is 126 g/mol. The molecule has 10 heavy (non-hydrogen) atoms. The first-order valence-corrected chi connectivity index (χ1v) is 4.15. The zero-order valence-electron chi connectivity index (χ0n) is 6.31. The van der Waals surface area contributed by atoms with Crippen LogP contribution in [0.15, 0.2) is 0 Å². The molecule has 1 heterocycles. The number of rotatable bonds is 2. The Kier molecular flexibility index (Phi) is 1.46. The van der Waals surface area contributed by atoms with E-state index in [4.69, 9.17) is 10.5 Å². The van der Waals surface area contributed by atoms with E-state index in [2.05, 4.69) is 0 Å². The Labute approximate surface area is 61.7 Å². The Morgan fingerprint density at radius 1 is 1.50 bits per heavy atom. The minimum Gasteiger partial charge on any atom is -0.381 e. The van der Waals surface area contributed by atoms with Gasteiger partial charge >= 0.3 is 0 Å². The number of nitrogens with two attached hydrogens (primary N) is 1. The summed E-state index contributed by atoms with van der Waals surface area (Å²) in [6, 6.07) is 0. The van der Waals surface area contributed by atoms with E-state index in [-0.39, 0.29) is 0 Å². The molecule has 0 bridgehead atoms. The van der Waals surface area contributed by atoms with Crippen LogP contribution in [-0.4, -0.2) is 19.8 Å². The van der Waals surface area contributed by atoms with Gasteiger partial charge in [0.2, 0.25) is 0 Å². The molecule has 2 fully saturated rings. The average molecular weight is 141 g/mol. The van der Waals surface area contributed by atoms with Gasteiger partial charge in [0.25, 0.3) is 0 Å². The van der Waals surface area contributed by atoms with Crippen LogP contribution >= 0.6 is 0 Å². The van der Waals surface area contributed by atoms with Crippen molar-refractivity contribution >= 4 is 0 Å². The second-order valence-corrected chi connectivity index (χ2v) is 3.64. The van der Waals surface area contributed by atoms with E-state index in [9.17, 15) is 0 Å². The van der Waals surface area contributed by atoms with Crippen LogP contribution in [-0.2, 0) is 4.74 Å². The van der Waals surface area contributed by atoms with Gasteiger partial charge in [-0.15, -0.1) is 0 Å². The second kappa shape index (κ2) is 2.21. The zero-order chi connectivity index (χ0) is 7.03. The molecule has 0 spiro atoms. The standard InChI is InChI=1S/C8H15NO/c9-5-8(7-1-2-7)3-4-10-6-8/h7H,1-6,9H2. The molecule has 1 aliphatic heterocycles. The summed E-state index contributed by atoms with van der Waals surface area (Å²) < 4.78 is 5.37. The highest BCUT2D eigenvalue weighted by molar-refractivity contribution is 4.96. The summed E-state index contributed by atoms with van der Waals surface area (Å²) in [5.74, 6) is 0.903. The van der Waals surface area contributed by atoms with Crippen LogP contribution in [0, 0.1) is 11.3 Å². The minimum absolute atomic E-state index is 0.403. The Morgan fingerprint density at radius 3 is 2.70 bits per heavy atom. The molecule has 0 aromatic rings. The molecule has 2 rings (SSSR count). The van der Waals surface area contributed by atoms with Crippen LogP contribution in [0.1, 0.15) is 19.3 Å². The van der Waals surface area contributed by atoms with Gasteiger partial charge in [0.1, 0.15) is 0 Å². The van der Waals surface area contributed by atoms with Gasteiger partial charge in [-0.2, -0.15) is 0 Å².